The van der Waals surface area contributed by atoms with Gasteiger partial charge >= 0.3 is 6.18 Å². The van der Waals surface area contributed by atoms with E-state index in [-0.39, 0.29) is 17.7 Å². The smallest absolute Gasteiger partial charge is 0.312 e. The number of alkyl halides is 3. The lowest BCUT2D eigenvalue weighted by Gasteiger charge is -2.20. The highest BCUT2D eigenvalue weighted by Gasteiger charge is 2.30. The van der Waals surface area contributed by atoms with Crippen LogP contribution in [0.1, 0.15) is 43.1 Å². The number of rotatable bonds is 4. The summed E-state index contributed by atoms with van der Waals surface area (Å²) >= 11 is 0. The Morgan fingerprint density at radius 2 is 1.63 bits per heavy atom. The lowest BCUT2D eigenvalue weighted by atomic mass is 10.0. The fourth-order valence-corrected chi connectivity index (χ4v) is 1.54. The average molecular weight is 273 g/mol. The Bertz CT molecular complexity index is 429. The Balaban J connectivity index is 2.59. The summed E-state index contributed by atoms with van der Waals surface area (Å²) in [6.07, 6.45) is -4.10. The number of carbonyl (C=O) groups is 1. The first-order valence-corrected chi connectivity index (χ1v) is 6.05. The van der Waals surface area contributed by atoms with Crippen molar-refractivity contribution in [2.75, 3.05) is 6.54 Å². The van der Waals surface area contributed by atoms with Crippen molar-refractivity contribution in [1.82, 2.24) is 5.32 Å². The van der Waals surface area contributed by atoms with Crippen molar-refractivity contribution in [2.24, 2.45) is 0 Å². The normalized spacial score (nSPS) is 12.5. The zero-order chi connectivity index (χ0) is 14.7. The summed E-state index contributed by atoms with van der Waals surface area (Å²) in [5.41, 5.74) is -0.513. The molecule has 19 heavy (non-hydrogen) atoms. The molecular formula is C14H18F3NO. The molecule has 1 N–H and O–H groups in total. The minimum absolute atomic E-state index is 0.0829. The largest absolute Gasteiger partial charge is 0.416 e. The molecule has 0 atom stereocenters. The van der Waals surface area contributed by atoms with E-state index in [0.29, 0.717) is 12.1 Å². The molecule has 0 amide bonds. The van der Waals surface area contributed by atoms with Gasteiger partial charge in [-0.3, -0.25) is 4.79 Å². The molecule has 1 rings (SSSR count). The molecule has 0 saturated heterocycles. The van der Waals surface area contributed by atoms with Crippen molar-refractivity contribution < 1.29 is 18.0 Å². The zero-order valence-electron chi connectivity index (χ0n) is 11.3. The van der Waals surface area contributed by atoms with Crippen LogP contribution < -0.4 is 5.32 Å². The SMILES string of the molecule is CC(C)(C)NCCC(=O)c1ccc(C(F)(F)F)cc1. The molecule has 0 spiro atoms. The van der Waals surface area contributed by atoms with Crippen LogP contribution in [0.3, 0.4) is 0 Å². The van der Waals surface area contributed by atoms with Gasteiger partial charge in [-0.1, -0.05) is 12.1 Å². The molecule has 0 bridgehead atoms. The van der Waals surface area contributed by atoms with Crippen molar-refractivity contribution in [3.05, 3.63) is 35.4 Å². The maximum Gasteiger partial charge on any atom is 0.416 e. The highest BCUT2D eigenvalue weighted by atomic mass is 19.4. The van der Waals surface area contributed by atoms with Crippen LogP contribution in [-0.2, 0) is 6.18 Å². The van der Waals surface area contributed by atoms with Gasteiger partial charge in [-0.2, -0.15) is 13.2 Å². The maximum atomic E-state index is 12.4. The molecule has 0 aliphatic heterocycles. The number of Topliss-reactive ketones (excluding diaryl/α,β-unsaturated/α-hetero) is 1. The summed E-state index contributed by atoms with van der Waals surface area (Å²) in [5.74, 6) is -0.162. The Kier molecular flexibility index (Phi) is 4.74. The highest BCUT2D eigenvalue weighted by Crippen LogP contribution is 2.29. The summed E-state index contributed by atoms with van der Waals surface area (Å²) in [4.78, 5) is 11.8. The monoisotopic (exact) mass is 273 g/mol. The summed E-state index contributed by atoms with van der Waals surface area (Å²) in [6, 6.07) is 4.32. The van der Waals surface area contributed by atoms with Crippen LogP contribution in [0.5, 0.6) is 0 Å². The molecule has 5 heteroatoms. The number of halogens is 3. The van der Waals surface area contributed by atoms with Gasteiger partial charge in [-0.25, -0.2) is 0 Å². The van der Waals surface area contributed by atoms with Crippen molar-refractivity contribution in [1.29, 1.82) is 0 Å². The molecule has 0 saturated carbocycles. The number of hydrogen-bond donors (Lipinski definition) is 1. The Labute approximate surface area is 111 Å². The first-order chi connectivity index (χ1) is 8.59. The van der Waals surface area contributed by atoms with Gasteiger partial charge in [0.25, 0.3) is 0 Å². The second-order valence-corrected chi connectivity index (χ2v) is 5.43. The van der Waals surface area contributed by atoms with Crippen LogP contribution in [0, 0.1) is 0 Å². The predicted octanol–water partition coefficient (Wildman–Crippen LogP) is 3.67. The van der Waals surface area contributed by atoms with Gasteiger partial charge < -0.3 is 5.32 Å². The van der Waals surface area contributed by atoms with E-state index < -0.39 is 11.7 Å². The third-order valence-electron chi connectivity index (χ3n) is 2.54. The zero-order valence-corrected chi connectivity index (χ0v) is 11.3. The molecule has 106 valence electrons. The van der Waals surface area contributed by atoms with Gasteiger partial charge in [0.2, 0.25) is 0 Å². The fraction of sp³-hybridized carbons (Fsp3) is 0.500. The molecule has 0 radical (unpaired) electrons. The number of benzene rings is 1. The Morgan fingerprint density at radius 1 is 1.11 bits per heavy atom. The Morgan fingerprint density at radius 3 is 2.05 bits per heavy atom. The summed E-state index contributed by atoms with van der Waals surface area (Å²) < 4.78 is 37.1. The molecule has 0 heterocycles. The van der Waals surface area contributed by atoms with E-state index in [0.717, 1.165) is 12.1 Å². The average Bonchev–Trinajstić information content (AvgIpc) is 2.26. The summed E-state index contributed by atoms with van der Waals surface area (Å²) in [5, 5.41) is 3.16. The summed E-state index contributed by atoms with van der Waals surface area (Å²) in [7, 11) is 0. The lowest BCUT2D eigenvalue weighted by Crippen LogP contribution is -2.37. The number of carbonyl (C=O) groups excluding carboxylic acids is 1. The molecule has 0 fully saturated rings. The van der Waals surface area contributed by atoms with Gasteiger partial charge in [0.05, 0.1) is 5.56 Å². The second kappa shape index (κ2) is 5.74. The van der Waals surface area contributed by atoms with Gasteiger partial charge in [0, 0.05) is 24.1 Å². The standard InChI is InChI=1S/C14H18F3NO/c1-13(2,3)18-9-8-12(19)10-4-6-11(7-5-10)14(15,16)17/h4-7,18H,8-9H2,1-3H3. The molecular weight excluding hydrogens is 255 g/mol. The number of ketones is 1. The predicted molar refractivity (Wildman–Crippen MR) is 68.1 cm³/mol. The van der Waals surface area contributed by atoms with Gasteiger partial charge in [0.15, 0.2) is 5.78 Å². The van der Waals surface area contributed by atoms with E-state index in [1.165, 1.54) is 12.1 Å². The van der Waals surface area contributed by atoms with Gasteiger partial charge in [-0.15, -0.1) is 0 Å². The highest BCUT2D eigenvalue weighted by molar-refractivity contribution is 5.96. The minimum Gasteiger partial charge on any atom is -0.312 e. The van der Waals surface area contributed by atoms with Crippen molar-refractivity contribution in [2.45, 2.75) is 38.9 Å². The quantitative estimate of drug-likeness (QED) is 0.848. The van der Waals surface area contributed by atoms with Crippen LogP contribution in [0.25, 0.3) is 0 Å². The first kappa shape index (κ1) is 15.7. The molecule has 0 unspecified atom stereocenters. The van der Waals surface area contributed by atoms with Crippen molar-refractivity contribution >= 4 is 5.78 Å². The maximum absolute atomic E-state index is 12.4. The lowest BCUT2D eigenvalue weighted by molar-refractivity contribution is -0.137. The van der Waals surface area contributed by atoms with Crippen molar-refractivity contribution in [3.8, 4) is 0 Å². The molecule has 0 aromatic heterocycles. The fourth-order valence-electron chi connectivity index (χ4n) is 1.54. The van der Waals surface area contributed by atoms with Crippen LogP contribution in [0.2, 0.25) is 0 Å². The van der Waals surface area contributed by atoms with E-state index in [9.17, 15) is 18.0 Å². The first-order valence-electron chi connectivity index (χ1n) is 6.05. The third kappa shape index (κ3) is 5.42. The molecule has 1 aromatic carbocycles. The van der Waals surface area contributed by atoms with Crippen molar-refractivity contribution in [3.63, 3.8) is 0 Å². The molecule has 0 aliphatic rings. The molecule has 2 nitrogen and oxygen atoms in total. The molecule has 0 aliphatic carbocycles. The van der Waals surface area contributed by atoms with Crippen LogP contribution >= 0.6 is 0 Å². The summed E-state index contributed by atoms with van der Waals surface area (Å²) in [6.45, 7) is 6.45. The number of hydrogen-bond acceptors (Lipinski definition) is 2. The minimum atomic E-state index is -4.37. The Hall–Kier alpha value is -1.36. The van der Waals surface area contributed by atoms with Crippen LogP contribution in [-0.4, -0.2) is 17.9 Å². The van der Waals surface area contributed by atoms with Crippen LogP contribution in [0.15, 0.2) is 24.3 Å². The van der Waals surface area contributed by atoms with Gasteiger partial charge in [0.1, 0.15) is 0 Å². The van der Waals surface area contributed by atoms with E-state index in [2.05, 4.69) is 5.32 Å². The second-order valence-electron chi connectivity index (χ2n) is 5.43. The number of nitrogens with one attached hydrogen (secondary N) is 1. The van der Waals surface area contributed by atoms with E-state index in [4.69, 9.17) is 0 Å². The molecule has 1 aromatic rings. The van der Waals surface area contributed by atoms with E-state index >= 15 is 0 Å². The van der Waals surface area contributed by atoms with Crippen LogP contribution in [0.4, 0.5) is 13.2 Å². The van der Waals surface area contributed by atoms with E-state index in [1.54, 1.807) is 0 Å². The van der Waals surface area contributed by atoms with Gasteiger partial charge in [-0.05, 0) is 32.9 Å². The topological polar surface area (TPSA) is 29.1 Å². The third-order valence-corrected chi connectivity index (χ3v) is 2.54. The van der Waals surface area contributed by atoms with E-state index in [1.807, 2.05) is 20.8 Å².